The lowest BCUT2D eigenvalue weighted by atomic mass is 10.1. The van der Waals surface area contributed by atoms with Crippen LogP contribution < -0.4 is 20.5 Å². The smallest absolute Gasteiger partial charge is 0.335 e. The maximum Gasteiger partial charge on any atom is 0.335 e. The summed E-state index contributed by atoms with van der Waals surface area (Å²) in [6.45, 7) is 4.35. The zero-order valence-corrected chi connectivity index (χ0v) is 19.2. The molecule has 0 heterocycles. The molecule has 1 amide bonds. The second-order valence-electron chi connectivity index (χ2n) is 8.84. The number of nitrogens with one attached hydrogen (secondary N) is 1. The molecule has 4 N–H and O–H groups in total. The number of carbonyl (C=O) groups excluding carboxylic acids is 1. The van der Waals surface area contributed by atoms with Gasteiger partial charge < -0.3 is 25.6 Å². The quantitative estimate of drug-likeness (QED) is 0.417. The van der Waals surface area contributed by atoms with Crippen LogP contribution in [-0.2, 0) is 12.8 Å². The first-order valence-corrected chi connectivity index (χ1v) is 11.2. The number of nitrogen functional groups attached to an aromatic ring is 1. The maximum atomic E-state index is 13.0. The van der Waals surface area contributed by atoms with Crippen molar-refractivity contribution in [3.63, 3.8) is 0 Å². The number of anilines is 2. The molecule has 0 unspecified atom stereocenters. The Morgan fingerprint density at radius 3 is 2.29 bits per heavy atom. The first-order valence-electron chi connectivity index (χ1n) is 11.2. The van der Waals surface area contributed by atoms with Gasteiger partial charge in [0.25, 0.3) is 5.91 Å². The summed E-state index contributed by atoms with van der Waals surface area (Å²) in [5.74, 6) is -0.449. The third-order valence-corrected chi connectivity index (χ3v) is 5.63. The number of benzene rings is 3. The van der Waals surface area contributed by atoms with Gasteiger partial charge in [-0.25, -0.2) is 4.79 Å². The van der Waals surface area contributed by atoms with Crippen LogP contribution in [0.25, 0.3) is 0 Å². The molecule has 1 aliphatic rings. The Bertz CT molecular complexity index is 1200. The minimum Gasteiger partial charge on any atom is -0.491 e. The number of carboxylic acid groups (broad SMARTS) is 1. The van der Waals surface area contributed by atoms with Gasteiger partial charge in [-0.15, -0.1) is 0 Å². The fourth-order valence-electron chi connectivity index (χ4n) is 3.89. The first-order chi connectivity index (χ1) is 16.3. The third kappa shape index (κ3) is 5.31. The van der Waals surface area contributed by atoms with Crippen LogP contribution in [0.1, 0.15) is 45.7 Å². The number of hydrogen-bond acceptors (Lipinski definition) is 5. The van der Waals surface area contributed by atoms with Crippen LogP contribution in [0.5, 0.6) is 11.5 Å². The Labute approximate surface area is 198 Å². The second-order valence-corrected chi connectivity index (χ2v) is 8.84. The lowest BCUT2D eigenvalue weighted by molar-refractivity contribution is 0.0696. The second kappa shape index (κ2) is 9.87. The molecule has 0 aromatic heterocycles. The minimum absolute atomic E-state index is 0.0439. The Kier molecular flexibility index (Phi) is 6.72. The fourth-order valence-corrected chi connectivity index (χ4v) is 3.89. The van der Waals surface area contributed by atoms with Gasteiger partial charge in [-0.2, -0.15) is 0 Å². The van der Waals surface area contributed by atoms with Crippen LogP contribution in [0.3, 0.4) is 0 Å². The summed E-state index contributed by atoms with van der Waals surface area (Å²) in [6, 6.07) is 17.5. The van der Waals surface area contributed by atoms with E-state index in [0.717, 1.165) is 12.8 Å². The van der Waals surface area contributed by atoms with Gasteiger partial charge in [0.15, 0.2) is 0 Å². The fraction of sp³-hybridized carbons (Fsp3) is 0.259. The molecule has 7 nitrogen and oxygen atoms in total. The van der Waals surface area contributed by atoms with Gasteiger partial charge in [0.05, 0.1) is 23.5 Å². The van der Waals surface area contributed by atoms with E-state index >= 15 is 0 Å². The molecular weight excluding hydrogens is 432 g/mol. The van der Waals surface area contributed by atoms with Crippen molar-refractivity contribution in [2.75, 3.05) is 17.7 Å². The lowest BCUT2D eigenvalue weighted by Gasteiger charge is -2.17. The van der Waals surface area contributed by atoms with Crippen molar-refractivity contribution in [2.24, 2.45) is 5.92 Å². The highest BCUT2D eigenvalue weighted by Gasteiger charge is 2.23. The SMILES string of the molecule is CC(C)COc1cc(C(=O)O)ccc1NC(=O)c1ccc(N)c(OC2Cc3ccccc3C2)c1. The van der Waals surface area contributed by atoms with Gasteiger partial charge in [-0.1, -0.05) is 38.1 Å². The van der Waals surface area contributed by atoms with Crippen LogP contribution in [0.15, 0.2) is 60.7 Å². The molecule has 0 saturated carbocycles. The summed E-state index contributed by atoms with van der Waals surface area (Å²) in [5.41, 5.74) is 9.96. The van der Waals surface area contributed by atoms with Crippen molar-refractivity contribution >= 4 is 23.3 Å². The molecule has 0 spiro atoms. The van der Waals surface area contributed by atoms with Crippen molar-refractivity contribution < 1.29 is 24.2 Å². The molecule has 3 aromatic rings. The molecule has 0 aliphatic heterocycles. The van der Waals surface area contributed by atoms with Gasteiger partial charge in [0, 0.05) is 18.4 Å². The average Bonchev–Trinajstić information content (AvgIpc) is 3.22. The monoisotopic (exact) mass is 460 g/mol. The Balaban J connectivity index is 1.51. The predicted octanol–water partition coefficient (Wildman–Crippen LogP) is 4.80. The minimum atomic E-state index is -1.07. The number of hydrogen-bond donors (Lipinski definition) is 3. The van der Waals surface area contributed by atoms with E-state index in [0.29, 0.717) is 35.0 Å². The Morgan fingerprint density at radius 1 is 1.00 bits per heavy atom. The number of nitrogens with two attached hydrogens (primary N) is 1. The summed E-state index contributed by atoms with van der Waals surface area (Å²) in [6.07, 6.45) is 1.54. The van der Waals surface area contributed by atoms with Crippen LogP contribution in [-0.4, -0.2) is 29.7 Å². The van der Waals surface area contributed by atoms with Gasteiger partial charge in [-0.05, 0) is 53.4 Å². The third-order valence-electron chi connectivity index (χ3n) is 5.63. The zero-order valence-electron chi connectivity index (χ0n) is 19.2. The van der Waals surface area contributed by atoms with E-state index < -0.39 is 5.97 Å². The summed E-state index contributed by atoms with van der Waals surface area (Å²) in [5, 5.41) is 12.1. The van der Waals surface area contributed by atoms with Crippen molar-refractivity contribution in [3.8, 4) is 11.5 Å². The number of carbonyl (C=O) groups is 2. The molecular formula is C27H28N2O5. The number of amides is 1. The summed E-state index contributed by atoms with van der Waals surface area (Å²) < 4.78 is 11.9. The molecule has 176 valence electrons. The molecule has 0 atom stereocenters. The number of fused-ring (bicyclic) bond motifs is 1. The number of ether oxygens (including phenoxy) is 2. The van der Waals surface area contributed by atoms with Crippen molar-refractivity contribution in [3.05, 3.63) is 82.9 Å². The van der Waals surface area contributed by atoms with Crippen LogP contribution in [0.4, 0.5) is 11.4 Å². The van der Waals surface area contributed by atoms with Gasteiger partial charge in [0.2, 0.25) is 0 Å². The van der Waals surface area contributed by atoms with E-state index in [9.17, 15) is 14.7 Å². The van der Waals surface area contributed by atoms with Crippen LogP contribution >= 0.6 is 0 Å². The first kappa shape index (κ1) is 23.2. The molecule has 3 aromatic carbocycles. The zero-order chi connectivity index (χ0) is 24.2. The largest absolute Gasteiger partial charge is 0.491 e. The van der Waals surface area contributed by atoms with Crippen LogP contribution in [0.2, 0.25) is 0 Å². The van der Waals surface area contributed by atoms with E-state index in [1.54, 1.807) is 18.2 Å². The van der Waals surface area contributed by atoms with Gasteiger partial charge >= 0.3 is 5.97 Å². The van der Waals surface area contributed by atoms with Gasteiger partial charge in [0.1, 0.15) is 17.6 Å². The van der Waals surface area contributed by atoms with Gasteiger partial charge in [-0.3, -0.25) is 4.79 Å². The molecule has 0 bridgehead atoms. The van der Waals surface area contributed by atoms with Crippen molar-refractivity contribution in [1.82, 2.24) is 0 Å². The molecule has 0 fully saturated rings. The number of carboxylic acids is 1. The lowest BCUT2D eigenvalue weighted by Crippen LogP contribution is -2.18. The number of aromatic carboxylic acids is 1. The highest BCUT2D eigenvalue weighted by molar-refractivity contribution is 6.06. The highest BCUT2D eigenvalue weighted by Crippen LogP contribution is 2.31. The van der Waals surface area contributed by atoms with E-state index in [1.165, 1.54) is 29.3 Å². The summed E-state index contributed by atoms with van der Waals surface area (Å²) >= 11 is 0. The Hall–Kier alpha value is -4.00. The van der Waals surface area contributed by atoms with E-state index in [4.69, 9.17) is 15.2 Å². The Morgan fingerprint density at radius 2 is 1.65 bits per heavy atom. The molecule has 0 saturated heterocycles. The summed E-state index contributed by atoms with van der Waals surface area (Å²) in [4.78, 5) is 24.4. The maximum absolute atomic E-state index is 13.0. The van der Waals surface area contributed by atoms with Crippen molar-refractivity contribution in [2.45, 2.75) is 32.8 Å². The normalized spacial score (nSPS) is 12.9. The van der Waals surface area contributed by atoms with Crippen LogP contribution in [0, 0.1) is 5.92 Å². The van der Waals surface area contributed by atoms with Crippen molar-refractivity contribution in [1.29, 1.82) is 0 Å². The predicted molar refractivity (Wildman–Crippen MR) is 131 cm³/mol. The average molecular weight is 461 g/mol. The molecule has 34 heavy (non-hydrogen) atoms. The molecule has 1 aliphatic carbocycles. The highest BCUT2D eigenvalue weighted by atomic mass is 16.5. The van der Waals surface area contributed by atoms with E-state index in [-0.39, 0.29) is 23.5 Å². The molecule has 7 heteroatoms. The number of rotatable bonds is 8. The molecule has 4 rings (SSSR count). The van der Waals surface area contributed by atoms with E-state index in [1.807, 2.05) is 26.0 Å². The summed E-state index contributed by atoms with van der Waals surface area (Å²) in [7, 11) is 0. The van der Waals surface area contributed by atoms with E-state index in [2.05, 4.69) is 17.4 Å². The standard InChI is InChI=1S/C27H28N2O5/c1-16(2)15-33-25-14-20(27(31)32)8-10-23(25)29-26(30)19-7-9-22(28)24(13-19)34-21-11-17-5-3-4-6-18(17)12-21/h3-10,13-14,16,21H,11-12,15,28H2,1-2H3,(H,29,30)(H,31,32). The molecule has 0 radical (unpaired) electrons. The topological polar surface area (TPSA) is 111 Å².